The Morgan fingerprint density at radius 3 is 2.63 bits per heavy atom. The number of piperidine rings is 1. The van der Waals surface area contributed by atoms with Gasteiger partial charge in [-0.3, -0.25) is 9.89 Å². The predicted octanol–water partition coefficient (Wildman–Crippen LogP) is 3.20. The van der Waals surface area contributed by atoms with Crippen LogP contribution in [0.1, 0.15) is 23.3 Å². The molecule has 2 aromatic carbocycles. The molecule has 1 amide bonds. The smallest absolute Gasteiger partial charge is 0.275 e. The van der Waals surface area contributed by atoms with Gasteiger partial charge in [-0.05, 0) is 61.3 Å². The van der Waals surface area contributed by atoms with Crippen LogP contribution in [0.2, 0.25) is 0 Å². The van der Waals surface area contributed by atoms with Crippen LogP contribution >= 0.6 is 0 Å². The minimum absolute atomic E-state index is 0.111. The highest BCUT2D eigenvalue weighted by Gasteiger charge is 2.24. The quantitative estimate of drug-likeness (QED) is 0.403. The van der Waals surface area contributed by atoms with E-state index in [-0.39, 0.29) is 23.3 Å². The van der Waals surface area contributed by atoms with Gasteiger partial charge in [0.25, 0.3) is 5.91 Å². The van der Waals surface area contributed by atoms with Crippen molar-refractivity contribution in [3.63, 3.8) is 0 Å². The molecule has 1 aliphatic heterocycles. The lowest BCUT2D eigenvalue weighted by molar-refractivity contribution is 0.102. The molecule has 1 unspecified atom stereocenters. The fourth-order valence-corrected chi connectivity index (χ4v) is 3.64. The van der Waals surface area contributed by atoms with E-state index in [0.717, 1.165) is 37.1 Å². The molecule has 1 aromatic heterocycles. The molecule has 5 N–H and O–H groups in total. The molecule has 0 bridgehead atoms. The first-order chi connectivity index (χ1) is 14.6. The van der Waals surface area contributed by atoms with Crippen molar-refractivity contribution in [3.8, 4) is 11.1 Å². The monoisotopic (exact) mass is 409 g/mol. The van der Waals surface area contributed by atoms with Crippen LogP contribution in [0.4, 0.5) is 15.8 Å². The Bertz CT molecular complexity index is 1020. The number of amides is 1. The van der Waals surface area contributed by atoms with Gasteiger partial charge in [0.1, 0.15) is 17.7 Å². The Morgan fingerprint density at radius 2 is 1.87 bits per heavy atom. The van der Waals surface area contributed by atoms with Gasteiger partial charge in [-0.15, -0.1) is 0 Å². The summed E-state index contributed by atoms with van der Waals surface area (Å²) in [5.74, 6) is -0.591. The van der Waals surface area contributed by atoms with Crippen LogP contribution in [0, 0.1) is 11.7 Å². The summed E-state index contributed by atoms with van der Waals surface area (Å²) in [5.41, 5.74) is 2.76. The van der Waals surface area contributed by atoms with Gasteiger partial charge in [-0.2, -0.15) is 5.10 Å². The van der Waals surface area contributed by atoms with Crippen molar-refractivity contribution in [3.05, 3.63) is 66.2 Å². The highest BCUT2D eigenvalue weighted by Crippen LogP contribution is 2.25. The second-order valence-corrected chi connectivity index (χ2v) is 7.38. The summed E-state index contributed by atoms with van der Waals surface area (Å²) >= 11 is 0. The Kier molecular flexibility index (Phi) is 6.06. The summed E-state index contributed by atoms with van der Waals surface area (Å²) < 4.78 is 13.5. The summed E-state index contributed by atoms with van der Waals surface area (Å²) in [6.07, 6.45) is 2.45. The third-order valence-corrected chi connectivity index (χ3v) is 5.28. The number of nitrogens with one attached hydrogen (secondary N) is 4. The third kappa shape index (κ3) is 4.67. The number of aromatic amines is 1. The lowest BCUT2D eigenvalue weighted by Gasteiger charge is -2.28. The van der Waals surface area contributed by atoms with Crippen LogP contribution in [0.15, 0.2) is 54.7 Å². The summed E-state index contributed by atoms with van der Waals surface area (Å²) in [4.78, 5) is 12.8. The van der Waals surface area contributed by atoms with Crippen molar-refractivity contribution in [2.24, 2.45) is 5.92 Å². The lowest BCUT2D eigenvalue weighted by atomic mass is 9.96. The molecule has 1 aliphatic rings. The standard InChI is InChI=1S/C22H24FN5O2/c23-17-5-1-3-15(11-17)16-4-2-6-18(12-16)26-22(30)20-19(13-25-28-20)27-21(29)14-7-9-24-10-8-14/h1-6,11-14,21,24,27,29H,7-10H2,(H,25,28)(H,26,30). The minimum Gasteiger partial charge on any atom is -0.374 e. The fourth-order valence-electron chi connectivity index (χ4n) is 3.64. The molecule has 0 radical (unpaired) electrons. The van der Waals surface area contributed by atoms with E-state index < -0.39 is 6.23 Å². The normalized spacial score (nSPS) is 15.5. The zero-order valence-electron chi connectivity index (χ0n) is 16.4. The first-order valence-corrected chi connectivity index (χ1v) is 9.96. The Balaban J connectivity index is 1.46. The number of aliphatic hydroxyl groups excluding tert-OH is 1. The zero-order valence-corrected chi connectivity index (χ0v) is 16.4. The van der Waals surface area contributed by atoms with Crippen LogP contribution in [-0.2, 0) is 0 Å². The molecule has 0 aliphatic carbocycles. The number of halogens is 1. The summed E-state index contributed by atoms with van der Waals surface area (Å²) in [5, 5.41) is 26.2. The number of anilines is 2. The van der Waals surface area contributed by atoms with E-state index in [2.05, 4.69) is 26.1 Å². The van der Waals surface area contributed by atoms with Crippen molar-refractivity contribution in [1.29, 1.82) is 0 Å². The van der Waals surface area contributed by atoms with Crippen molar-refractivity contribution in [1.82, 2.24) is 15.5 Å². The van der Waals surface area contributed by atoms with Gasteiger partial charge in [0.15, 0.2) is 0 Å². The summed E-state index contributed by atoms with van der Waals surface area (Å²) in [7, 11) is 0. The molecule has 1 atom stereocenters. The summed E-state index contributed by atoms with van der Waals surface area (Å²) in [6, 6.07) is 13.5. The van der Waals surface area contributed by atoms with Crippen molar-refractivity contribution in [2.45, 2.75) is 19.1 Å². The first kappa shape index (κ1) is 20.1. The molecular formula is C22H24FN5O2. The number of aromatic nitrogens is 2. The average molecular weight is 409 g/mol. The summed E-state index contributed by atoms with van der Waals surface area (Å²) in [6.45, 7) is 1.73. The molecule has 30 heavy (non-hydrogen) atoms. The molecule has 7 nitrogen and oxygen atoms in total. The van der Waals surface area contributed by atoms with Gasteiger partial charge in [0.2, 0.25) is 0 Å². The van der Waals surface area contributed by atoms with Crippen molar-refractivity contribution < 1.29 is 14.3 Å². The lowest BCUT2D eigenvalue weighted by Crippen LogP contribution is -2.38. The largest absolute Gasteiger partial charge is 0.374 e. The van der Waals surface area contributed by atoms with Gasteiger partial charge in [0.05, 0.1) is 11.9 Å². The van der Waals surface area contributed by atoms with E-state index in [4.69, 9.17) is 0 Å². The maximum atomic E-state index is 13.5. The van der Waals surface area contributed by atoms with Crippen molar-refractivity contribution >= 4 is 17.3 Å². The van der Waals surface area contributed by atoms with E-state index in [0.29, 0.717) is 11.4 Å². The SMILES string of the molecule is O=C(Nc1cccc(-c2cccc(F)c2)c1)c1[nH]ncc1NC(O)C1CCNCC1. The molecule has 3 aromatic rings. The molecule has 0 spiro atoms. The van der Waals surface area contributed by atoms with Crippen LogP contribution < -0.4 is 16.0 Å². The van der Waals surface area contributed by atoms with Crippen LogP contribution in [0.3, 0.4) is 0 Å². The number of hydrogen-bond acceptors (Lipinski definition) is 5. The third-order valence-electron chi connectivity index (χ3n) is 5.28. The highest BCUT2D eigenvalue weighted by atomic mass is 19.1. The maximum Gasteiger partial charge on any atom is 0.275 e. The first-order valence-electron chi connectivity index (χ1n) is 9.96. The van der Waals surface area contributed by atoms with E-state index >= 15 is 0 Å². The molecule has 1 fully saturated rings. The van der Waals surface area contributed by atoms with Gasteiger partial charge in [-0.1, -0.05) is 24.3 Å². The highest BCUT2D eigenvalue weighted by molar-refractivity contribution is 6.06. The van der Waals surface area contributed by atoms with E-state index in [1.807, 2.05) is 12.1 Å². The molecule has 1 saturated heterocycles. The Hall–Kier alpha value is -3.23. The topological polar surface area (TPSA) is 102 Å². The molecule has 156 valence electrons. The number of carbonyl (C=O) groups is 1. The number of aliphatic hydroxyl groups is 1. The number of rotatable bonds is 6. The number of H-pyrrole nitrogens is 1. The van der Waals surface area contributed by atoms with Crippen LogP contribution in [0.25, 0.3) is 11.1 Å². The Labute approximate surface area is 173 Å². The Morgan fingerprint density at radius 1 is 1.13 bits per heavy atom. The second-order valence-electron chi connectivity index (χ2n) is 7.38. The van der Waals surface area contributed by atoms with Gasteiger partial charge < -0.3 is 21.1 Å². The van der Waals surface area contributed by atoms with E-state index in [1.54, 1.807) is 24.3 Å². The molecular weight excluding hydrogens is 385 g/mol. The van der Waals surface area contributed by atoms with E-state index in [1.165, 1.54) is 18.3 Å². The van der Waals surface area contributed by atoms with Crippen molar-refractivity contribution in [2.75, 3.05) is 23.7 Å². The van der Waals surface area contributed by atoms with Gasteiger partial charge >= 0.3 is 0 Å². The molecule has 8 heteroatoms. The van der Waals surface area contributed by atoms with Crippen LogP contribution in [-0.4, -0.2) is 40.5 Å². The molecule has 4 rings (SSSR count). The number of nitrogens with zero attached hydrogens (tertiary/aromatic N) is 1. The number of hydrogen-bond donors (Lipinski definition) is 5. The van der Waals surface area contributed by atoms with Crippen LogP contribution in [0.5, 0.6) is 0 Å². The van der Waals surface area contributed by atoms with Gasteiger partial charge in [0, 0.05) is 11.6 Å². The molecule has 2 heterocycles. The molecule has 0 saturated carbocycles. The number of benzene rings is 2. The number of carbonyl (C=O) groups excluding carboxylic acids is 1. The maximum absolute atomic E-state index is 13.5. The fraction of sp³-hybridized carbons (Fsp3) is 0.273. The second kappa shape index (κ2) is 9.06. The predicted molar refractivity (Wildman–Crippen MR) is 114 cm³/mol. The minimum atomic E-state index is -0.757. The van der Waals surface area contributed by atoms with E-state index in [9.17, 15) is 14.3 Å². The van der Waals surface area contributed by atoms with Gasteiger partial charge in [-0.25, -0.2) is 4.39 Å². The average Bonchev–Trinajstić information content (AvgIpc) is 3.23. The zero-order chi connectivity index (χ0) is 20.9.